The Labute approximate surface area is 210 Å². The molecule has 0 radical (unpaired) electrons. The Hall–Kier alpha value is -2.94. The molecule has 0 aliphatic heterocycles. The zero-order valence-corrected chi connectivity index (χ0v) is 20.8. The van der Waals surface area contributed by atoms with Gasteiger partial charge >= 0.3 is 0 Å². The number of rotatable bonds is 0. The molecule has 0 nitrogen and oxygen atoms in total. The first-order valence-corrected chi connectivity index (χ1v) is 12.7. The van der Waals surface area contributed by atoms with Crippen LogP contribution in [0.1, 0.15) is 22.3 Å². The second-order valence-electron chi connectivity index (χ2n) is 8.77. The van der Waals surface area contributed by atoms with E-state index in [-0.39, 0.29) is 0 Å². The van der Waals surface area contributed by atoms with Gasteiger partial charge in [-0.05, 0) is 79.9 Å². The molecule has 0 heterocycles. The van der Waals surface area contributed by atoms with Gasteiger partial charge in [-0.2, -0.15) is 0 Å². The van der Waals surface area contributed by atoms with Crippen molar-refractivity contribution in [2.24, 2.45) is 0 Å². The maximum atomic E-state index is 3.81. The second-order valence-corrected chi connectivity index (χ2v) is 10.6. The molecule has 0 unspecified atom stereocenters. The van der Waals surface area contributed by atoms with Crippen molar-refractivity contribution in [3.05, 3.63) is 140 Å². The molecule has 33 heavy (non-hydrogen) atoms. The fraction of sp³-hybridized carbons (Fsp3) is 0.0323. The third-order valence-corrected chi connectivity index (χ3v) is 8.22. The lowest BCUT2D eigenvalue weighted by molar-refractivity contribution is 0.774. The molecule has 0 fully saturated rings. The van der Waals surface area contributed by atoms with Crippen molar-refractivity contribution in [3.8, 4) is 33.4 Å². The molecule has 7 rings (SSSR count). The molecule has 0 bridgehead atoms. The lowest BCUT2D eigenvalue weighted by Crippen LogP contribution is -2.29. The van der Waals surface area contributed by atoms with Crippen LogP contribution in [0.25, 0.3) is 33.4 Å². The maximum Gasteiger partial charge on any atom is 0.0725 e. The normalized spacial score (nSPS) is 14.0. The predicted molar refractivity (Wildman–Crippen MR) is 144 cm³/mol. The van der Waals surface area contributed by atoms with Gasteiger partial charge in [0, 0.05) is 8.95 Å². The summed E-state index contributed by atoms with van der Waals surface area (Å²) >= 11 is 7.58. The molecule has 2 heteroatoms. The smallest absolute Gasteiger partial charge is 0.0619 e. The van der Waals surface area contributed by atoms with Crippen LogP contribution in [0.4, 0.5) is 0 Å². The molecule has 156 valence electrons. The van der Waals surface area contributed by atoms with Gasteiger partial charge in [0.1, 0.15) is 0 Å². The molecule has 5 aromatic rings. The summed E-state index contributed by atoms with van der Waals surface area (Å²) < 4.78 is 2.19. The molecule has 0 saturated heterocycles. The summed E-state index contributed by atoms with van der Waals surface area (Å²) in [4.78, 5) is 0. The first-order valence-electron chi connectivity index (χ1n) is 11.1. The van der Waals surface area contributed by atoms with Crippen molar-refractivity contribution in [1.29, 1.82) is 0 Å². The molecular weight excluding hydrogens is 532 g/mol. The summed E-state index contributed by atoms with van der Waals surface area (Å²) in [5.41, 5.74) is 12.7. The SMILES string of the molecule is Brc1ccc2c(c1)-c1ccccc1-c1ccc(Br)cc1C21c2ccccc2-c2ccccc21. The standard InChI is InChI=1S/C31H18Br2/c32-19-14-16-29-26(17-19)22-8-2-1-7-21(22)25-15-13-20(33)18-30(25)31(29)27-11-5-3-9-23(27)24-10-4-6-12-28(24)31/h1-18H. The minimum Gasteiger partial charge on any atom is -0.0619 e. The number of hydrogen-bond acceptors (Lipinski definition) is 0. The van der Waals surface area contributed by atoms with E-state index in [4.69, 9.17) is 0 Å². The third-order valence-electron chi connectivity index (χ3n) is 7.23. The molecular formula is C31H18Br2. The first kappa shape index (κ1) is 19.5. The quantitative estimate of drug-likeness (QED) is 0.177. The van der Waals surface area contributed by atoms with Crippen LogP contribution in [0.2, 0.25) is 0 Å². The van der Waals surface area contributed by atoms with E-state index in [0.717, 1.165) is 8.95 Å². The highest BCUT2D eigenvalue weighted by molar-refractivity contribution is 9.10. The zero-order valence-electron chi connectivity index (χ0n) is 17.6. The Kier molecular flexibility index (Phi) is 4.16. The highest BCUT2D eigenvalue weighted by Gasteiger charge is 2.49. The van der Waals surface area contributed by atoms with E-state index in [1.807, 2.05) is 0 Å². The van der Waals surface area contributed by atoms with Gasteiger partial charge in [-0.1, -0.05) is 117 Å². The third kappa shape index (κ3) is 2.51. The van der Waals surface area contributed by atoms with Gasteiger partial charge in [-0.25, -0.2) is 0 Å². The molecule has 0 N–H and O–H groups in total. The highest BCUT2D eigenvalue weighted by Crippen LogP contribution is 2.61. The number of fused-ring (bicyclic) bond motifs is 12. The van der Waals surface area contributed by atoms with Gasteiger partial charge in [-0.15, -0.1) is 0 Å². The molecule has 0 aromatic heterocycles. The van der Waals surface area contributed by atoms with Gasteiger partial charge in [0.25, 0.3) is 0 Å². The van der Waals surface area contributed by atoms with E-state index in [9.17, 15) is 0 Å². The van der Waals surface area contributed by atoms with Crippen molar-refractivity contribution < 1.29 is 0 Å². The summed E-state index contributed by atoms with van der Waals surface area (Å²) in [6, 6.07) is 40.3. The van der Waals surface area contributed by atoms with Crippen LogP contribution in [0, 0.1) is 0 Å². The lowest BCUT2D eigenvalue weighted by atomic mass is 9.66. The summed E-state index contributed by atoms with van der Waals surface area (Å²) in [6.07, 6.45) is 0. The van der Waals surface area contributed by atoms with Crippen LogP contribution in [0.5, 0.6) is 0 Å². The Bertz CT molecular complexity index is 1550. The molecule has 2 aliphatic rings. The van der Waals surface area contributed by atoms with Crippen LogP contribution in [0.15, 0.2) is 118 Å². The van der Waals surface area contributed by atoms with Gasteiger partial charge in [0.15, 0.2) is 0 Å². The molecule has 1 spiro atoms. The Morgan fingerprint density at radius 1 is 0.364 bits per heavy atom. The van der Waals surface area contributed by atoms with Crippen molar-refractivity contribution in [2.75, 3.05) is 0 Å². The maximum absolute atomic E-state index is 3.81. The molecule has 0 saturated carbocycles. The zero-order chi connectivity index (χ0) is 22.2. The molecule has 2 aliphatic carbocycles. The molecule has 5 aromatic carbocycles. The van der Waals surface area contributed by atoms with Gasteiger partial charge in [-0.3, -0.25) is 0 Å². The van der Waals surface area contributed by atoms with Crippen LogP contribution in [-0.4, -0.2) is 0 Å². The van der Waals surface area contributed by atoms with Gasteiger partial charge in [0.2, 0.25) is 0 Å². The molecule has 0 atom stereocenters. The van der Waals surface area contributed by atoms with Crippen LogP contribution >= 0.6 is 31.9 Å². The van der Waals surface area contributed by atoms with E-state index < -0.39 is 5.41 Å². The Morgan fingerprint density at radius 3 is 1.48 bits per heavy atom. The van der Waals surface area contributed by atoms with Crippen LogP contribution in [0.3, 0.4) is 0 Å². The second kappa shape index (κ2) is 7.03. The molecule has 0 amide bonds. The van der Waals surface area contributed by atoms with E-state index in [2.05, 4.69) is 141 Å². The average Bonchev–Trinajstić information content (AvgIpc) is 3.10. The van der Waals surface area contributed by atoms with Crippen molar-refractivity contribution >= 4 is 31.9 Å². The van der Waals surface area contributed by atoms with Gasteiger partial charge < -0.3 is 0 Å². The Balaban J connectivity index is 1.79. The van der Waals surface area contributed by atoms with Crippen molar-refractivity contribution in [3.63, 3.8) is 0 Å². The van der Waals surface area contributed by atoms with Crippen LogP contribution in [-0.2, 0) is 5.41 Å². The van der Waals surface area contributed by atoms with E-state index >= 15 is 0 Å². The van der Waals surface area contributed by atoms with Gasteiger partial charge in [0.05, 0.1) is 5.41 Å². The van der Waals surface area contributed by atoms with Crippen molar-refractivity contribution in [1.82, 2.24) is 0 Å². The summed E-state index contributed by atoms with van der Waals surface area (Å²) in [7, 11) is 0. The fourth-order valence-electron chi connectivity index (χ4n) is 6.04. The highest BCUT2D eigenvalue weighted by atomic mass is 79.9. The number of benzene rings is 5. The van der Waals surface area contributed by atoms with Crippen LogP contribution < -0.4 is 0 Å². The topological polar surface area (TPSA) is 0 Å². The summed E-state index contributed by atoms with van der Waals surface area (Å²) in [5.74, 6) is 0. The fourth-order valence-corrected chi connectivity index (χ4v) is 6.76. The monoisotopic (exact) mass is 548 g/mol. The minimum absolute atomic E-state index is 0.401. The number of halogens is 2. The average molecular weight is 550 g/mol. The summed E-state index contributed by atoms with van der Waals surface area (Å²) in [6.45, 7) is 0. The largest absolute Gasteiger partial charge is 0.0725 e. The van der Waals surface area contributed by atoms with E-state index in [1.54, 1.807) is 0 Å². The Morgan fingerprint density at radius 2 is 0.818 bits per heavy atom. The minimum atomic E-state index is -0.401. The lowest BCUT2D eigenvalue weighted by Gasteiger charge is -2.35. The van der Waals surface area contributed by atoms with Crippen molar-refractivity contribution in [2.45, 2.75) is 5.41 Å². The number of hydrogen-bond donors (Lipinski definition) is 0. The van der Waals surface area contributed by atoms with E-state index in [0.29, 0.717) is 0 Å². The van der Waals surface area contributed by atoms with E-state index in [1.165, 1.54) is 55.6 Å². The summed E-state index contributed by atoms with van der Waals surface area (Å²) in [5, 5.41) is 0. The predicted octanol–water partition coefficient (Wildman–Crippen LogP) is 9.22. The first-order chi connectivity index (χ1) is 16.2.